The SMILES string of the molecule is OCc1cnc(Oc2ccc(Cl)c(C(F)(F)F)c2)c(F)c1. The van der Waals surface area contributed by atoms with Gasteiger partial charge in [0.2, 0.25) is 0 Å². The number of ether oxygens (including phenoxy) is 1. The highest BCUT2D eigenvalue weighted by atomic mass is 35.5. The van der Waals surface area contributed by atoms with Crippen molar-refractivity contribution in [2.24, 2.45) is 0 Å². The molecule has 1 N–H and O–H groups in total. The molecule has 3 nitrogen and oxygen atoms in total. The molecule has 1 aromatic heterocycles. The van der Waals surface area contributed by atoms with Crippen molar-refractivity contribution in [3.8, 4) is 11.6 Å². The topological polar surface area (TPSA) is 42.4 Å². The van der Waals surface area contributed by atoms with Gasteiger partial charge < -0.3 is 9.84 Å². The van der Waals surface area contributed by atoms with Gasteiger partial charge in [0.1, 0.15) is 5.75 Å². The van der Waals surface area contributed by atoms with E-state index in [0.29, 0.717) is 6.07 Å². The Labute approximate surface area is 121 Å². The van der Waals surface area contributed by atoms with E-state index in [-0.39, 0.29) is 11.3 Å². The zero-order chi connectivity index (χ0) is 15.6. The van der Waals surface area contributed by atoms with Crippen molar-refractivity contribution in [2.45, 2.75) is 12.8 Å². The lowest BCUT2D eigenvalue weighted by molar-refractivity contribution is -0.137. The molecule has 0 aliphatic heterocycles. The third kappa shape index (κ3) is 3.62. The van der Waals surface area contributed by atoms with Crippen LogP contribution >= 0.6 is 11.6 Å². The molecule has 0 amide bonds. The zero-order valence-electron chi connectivity index (χ0n) is 10.3. The monoisotopic (exact) mass is 321 g/mol. The van der Waals surface area contributed by atoms with Crippen molar-refractivity contribution in [3.05, 3.63) is 52.4 Å². The van der Waals surface area contributed by atoms with Crippen LogP contribution in [0.5, 0.6) is 11.6 Å². The highest BCUT2D eigenvalue weighted by molar-refractivity contribution is 6.31. The van der Waals surface area contributed by atoms with Gasteiger partial charge in [-0.15, -0.1) is 0 Å². The summed E-state index contributed by atoms with van der Waals surface area (Å²) in [5.41, 5.74) is -0.874. The Balaban J connectivity index is 2.32. The minimum absolute atomic E-state index is 0.215. The second kappa shape index (κ2) is 5.87. The first-order valence-corrected chi connectivity index (χ1v) is 5.99. The molecule has 112 valence electrons. The van der Waals surface area contributed by atoms with Gasteiger partial charge in [0, 0.05) is 6.20 Å². The number of alkyl halides is 3. The van der Waals surface area contributed by atoms with E-state index in [1.807, 2.05) is 0 Å². The van der Waals surface area contributed by atoms with Crippen LogP contribution in [0.25, 0.3) is 0 Å². The minimum atomic E-state index is -4.65. The molecule has 1 heterocycles. The van der Waals surface area contributed by atoms with Gasteiger partial charge in [-0.05, 0) is 29.8 Å². The molecule has 0 aliphatic rings. The number of benzene rings is 1. The molecule has 0 radical (unpaired) electrons. The van der Waals surface area contributed by atoms with Crippen LogP contribution in [0.1, 0.15) is 11.1 Å². The molecule has 0 aliphatic carbocycles. The number of hydrogen-bond donors (Lipinski definition) is 1. The second-order valence-corrected chi connectivity index (χ2v) is 4.44. The summed E-state index contributed by atoms with van der Waals surface area (Å²) < 4.78 is 56.6. The van der Waals surface area contributed by atoms with Gasteiger partial charge in [-0.2, -0.15) is 13.2 Å². The Morgan fingerprint density at radius 2 is 1.95 bits per heavy atom. The molecule has 0 bridgehead atoms. The average molecular weight is 322 g/mol. The molecule has 8 heteroatoms. The second-order valence-electron chi connectivity index (χ2n) is 4.03. The molecule has 2 aromatic rings. The van der Waals surface area contributed by atoms with Gasteiger partial charge in [0.25, 0.3) is 5.88 Å². The van der Waals surface area contributed by atoms with Gasteiger partial charge in [-0.1, -0.05) is 11.6 Å². The lowest BCUT2D eigenvalue weighted by atomic mass is 10.2. The first-order valence-electron chi connectivity index (χ1n) is 5.61. The van der Waals surface area contributed by atoms with Crippen LogP contribution in [-0.2, 0) is 12.8 Å². The summed E-state index contributed by atoms with van der Waals surface area (Å²) >= 11 is 5.46. The van der Waals surface area contributed by atoms with Gasteiger partial charge in [0.15, 0.2) is 5.82 Å². The van der Waals surface area contributed by atoms with Crippen molar-refractivity contribution in [1.29, 1.82) is 0 Å². The number of aromatic nitrogens is 1. The van der Waals surface area contributed by atoms with Crippen molar-refractivity contribution < 1.29 is 27.4 Å². The average Bonchev–Trinajstić information content (AvgIpc) is 2.41. The summed E-state index contributed by atoms with van der Waals surface area (Å²) in [6, 6.07) is 3.80. The largest absolute Gasteiger partial charge is 0.436 e. The Kier molecular flexibility index (Phi) is 4.34. The molecule has 0 unspecified atom stereocenters. The summed E-state index contributed by atoms with van der Waals surface area (Å²) in [4.78, 5) is 3.59. The summed E-state index contributed by atoms with van der Waals surface area (Å²) in [6.07, 6.45) is -3.50. The molecule has 21 heavy (non-hydrogen) atoms. The summed E-state index contributed by atoms with van der Waals surface area (Å²) in [6.45, 7) is -0.413. The molecule has 0 saturated heterocycles. The van der Waals surface area contributed by atoms with Crippen LogP contribution in [0.2, 0.25) is 5.02 Å². The molecule has 1 aromatic carbocycles. The number of halogens is 5. The molecule has 0 fully saturated rings. The van der Waals surface area contributed by atoms with E-state index in [2.05, 4.69) is 4.98 Å². The highest BCUT2D eigenvalue weighted by Crippen LogP contribution is 2.37. The number of aliphatic hydroxyl groups excluding tert-OH is 1. The quantitative estimate of drug-likeness (QED) is 0.862. The highest BCUT2D eigenvalue weighted by Gasteiger charge is 2.33. The minimum Gasteiger partial charge on any atom is -0.436 e. The van der Waals surface area contributed by atoms with Crippen molar-refractivity contribution in [1.82, 2.24) is 4.98 Å². The smallest absolute Gasteiger partial charge is 0.417 e. The third-order valence-corrected chi connectivity index (χ3v) is 2.83. The summed E-state index contributed by atoms with van der Waals surface area (Å²) in [5.74, 6) is -1.65. The number of nitrogens with zero attached hydrogens (tertiary/aromatic N) is 1. The number of pyridine rings is 1. The van der Waals surface area contributed by atoms with E-state index in [9.17, 15) is 17.6 Å². The Bertz CT molecular complexity index is 661. The summed E-state index contributed by atoms with van der Waals surface area (Å²) in [5, 5.41) is 8.32. The van der Waals surface area contributed by atoms with Gasteiger partial charge in [0.05, 0.1) is 17.2 Å². The van der Waals surface area contributed by atoms with Crippen LogP contribution < -0.4 is 4.74 Å². The molecular formula is C13H8ClF4NO2. The fourth-order valence-electron chi connectivity index (χ4n) is 1.52. The van der Waals surface area contributed by atoms with Crippen LogP contribution in [0.4, 0.5) is 17.6 Å². The molecular weight excluding hydrogens is 314 g/mol. The standard InChI is InChI=1S/C13H8ClF4NO2/c14-10-2-1-8(4-9(10)13(16,17)18)21-12-11(15)3-7(6-20)5-19-12/h1-5,20H,6H2. The van der Waals surface area contributed by atoms with Gasteiger partial charge in [-0.3, -0.25) is 0 Å². The number of aliphatic hydroxyl groups is 1. The van der Waals surface area contributed by atoms with Crippen LogP contribution in [0.3, 0.4) is 0 Å². The van der Waals surface area contributed by atoms with Crippen molar-refractivity contribution >= 4 is 11.6 Å². The van der Waals surface area contributed by atoms with E-state index in [1.165, 1.54) is 6.07 Å². The van der Waals surface area contributed by atoms with E-state index in [1.54, 1.807) is 0 Å². The first-order chi connectivity index (χ1) is 9.81. The lowest BCUT2D eigenvalue weighted by Crippen LogP contribution is -2.06. The normalized spacial score (nSPS) is 11.5. The van der Waals surface area contributed by atoms with Crippen LogP contribution in [0, 0.1) is 5.82 Å². The Morgan fingerprint density at radius 3 is 2.52 bits per heavy atom. The van der Waals surface area contributed by atoms with E-state index < -0.39 is 35.1 Å². The Morgan fingerprint density at radius 1 is 1.24 bits per heavy atom. The molecule has 0 spiro atoms. The zero-order valence-corrected chi connectivity index (χ0v) is 11.0. The Hall–Kier alpha value is -1.86. The maximum atomic E-state index is 13.6. The van der Waals surface area contributed by atoms with Crippen LogP contribution in [0.15, 0.2) is 30.5 Å². The number of rotatable bonds is 3. The fraction of sp³-hybridized carbons (Fsp3) is 0.154. The maximum absolute atomic E-state index is 13.6. The van der Waals surface area contributed by atoms with E-state index >= 15 is 0 Å². The van der Waals surface area contributed by atoms with E-state index in [4.69, 9.17) is 21.4 Å². The first kappa shape index (κ1) is 15.5. The maximum Gasteiger partial charge on any atom is 0.417 e. The van der Waals surface area contributed by atoms with Crippen LogP contribution in [-0.4, -0.2) is 10.1 Å². The predicted octanol–water partition coefficient (Wildman–Crippen LogP) is 4.18. The van der Waals surface area contributed by atoms with Crippen molar-refractivity contribution in [3.63, 3.8) is 0 Å². The summed E-state index contributed by atoms with van der Waals surface area (Å²) in [7, 11) is 0. The predicted molar refractivity (Wildman–Crippen MR) is 66.6 cm³/mol. The molecule has 0 saturated carbocycles. The molecule has 2 rings (SSSR count). The molecule has 0 atom stereocenters. The van der Waals surface area contributed by atoms with Gasteiger partial charge >= 0.3 is 6.18 Å². The van der Waals surface area contributed by atoms with Crippen molar-refractivity contribution in [2.75, 3.05) is 0 Å². The third-order valence-electron chi connectivity index (χ3n) is 2.50. The number of hydrogen-bond acceptors (Lipinski definition) is 3. The van der Waals surface area contributed by atoms with Gasteiger partial charge in [-0.25, -0.2) is 9.37 Å². The lowest BCUT2D eigenvalue weighted by Gasteiger charge is -2.11. The van der Waals surface area contributed by atoms with E-state index in [0.717, 1.165) is 18.3 Å². The fourth-order valence-corrected chi connectivity index (χ4v) is 1.75.